The first-order chi connectivity index (χ1) is 23.0. The highest BCUT2D eigenvalue weighted by Crippen LogP contribution is 2.07. The standard InChI is InChI=1S/C27H48N14O8/c1-13(42)20(25(48)49)41-23(46)17(5-3-9-36-27(32)33)38-22(45)16(4-2-8-35-26(30)31)39-24(47)18(10-14-11-34-12-37-14)40-21(44)15(28)6-7-19(29)43/h11-13,15-18,20,42H,2-10,28H2,1H3,(H2,29,43)(H,34,37)(H,38,45)(H,39,47)(H,40,44)(H,41,46)(H,48,49)(H4,30,31,35)(H4,32,33,36)/t13-,15+,16+,17+,18+,20+/m1/s1. The second kappa shape index (κ2) is 21.4. The molecular weight excluding hydrogens is 648 g/mol. The SMILES string of the molecule is C[C@@H](O)[C@H](NC(=O)[C@H](CCCN=C(N)N)NC(=O)[C@H](CCCN=C(N)N)NC(=O)[C@H](Cc1cnc[nH]1)NC(=O)[C@@H](N)CCC(N)=O)C(=O)O. The molecule has 0 spiro atoms. The van der Waals surface area contributed by atoms with E-state index < -0.39 is 71.8 Å². The lowest BCUT2D eigenvalue weighted by molar-refractivity contribution is -0.145. The summed E-state index contributed by atoms with van der Waals surface area (Å²) in [4.78, 5) is 90.4. The number of nitrogens with one attached hydrogen (secondary N) is 5. The van der Waals surface area contributed by atoms with E-state index in [4.69, 9.17) is 34.4 Å². The van der Waals surface area contributed by atoms with Crippen LogP contribution in [0, 0.1) is 0 Å². The quantitative estimate of drug-likeness (QED) is 0.0288. The average Bonchev–Trinajstić information content (AvgIpc) is 3.53. The number of aliphatic carboxylic acids is 1. The molecule has 0 bridgehead atoms. The first-order valence-corrected chi connectivity index (χ1v) is 15.3. The number of nitrogens with zero attached hydrogens (tertiary/aromatic N) is 3. The van der Waals surface area contributed by atoms with Crippen LogP contribution in [0.5, 0.6) is 0 Å². The molecule has 49 heavy (non-hydrogen) atoms. The number of carboxylic acids is 1. The summed E-state index contributed by atoms with van der Waals surface area (Å²) in [5.41, 5.74) is 32.9. The van der Waals surface area contributed by atoms with Gasteiger partial charge in [-0.3, -0.25) is 34.0 Å². The largest absolute Gasteiger partial charge is 0.480 e. The lowest BCUT2D eigenvalue weighted by Crippen LogP contribution is -2.59. The van der Waals surface area contributed by atoms with Crippen LogP contribution in [0.4, 0.5) is 0 Å². The number of primary amides is 1. The van der Waals surface area contributed by atoms with Gasteiger partial charge in [0.25, 0.3) is 0 Å². The third-order valence-electron chi connectivity index (χ3n) is 6.85. The maximum absolute atomic E-state index is 13.6. The van der Waals surface area contributed by atoms with Crippen molar-refractivity contribution in [1.82, 2.24) is 31.2 Å². The van der Waals surface area contributed by atoms with E-state index in [-0.39, 0.29) is 70.0 Å². The highest BCUT2D eigenvalue weighted by molar-refractivity contribution is 5.95. The van der Waals surface area contributed by atoms with Crippen molar-refractivity contribution in [1.29, 1.82) is 0 Å². The Morgan fingerprint density at radius 3 is 1.71 bits per heavy atom. The first-order valence-electron chi connectivity index (χ1n) is 15.3. The van der Waals surface area contributed by atoms with E-state index >= 15 is 0 Å². The molecule has 0 fully saturated rings. The topological polar surface area (TPSA) is 401 Å². The smallest absolute Gasteiger partial charge is 0.328 e. The first kappa shape index (κ1) is 41.5. The van der Waals surface area contributed by atoms with Gasteiger partial charge in [-0.05, 0) is 39.0 Å². The Morgan fingerprint density at radius 2 is 1.29 bits per heavy atom. The number of aromatic nitrogens is 2. The number of guanidine groups is 2. The molecule has 0 radical (unpaired) electrons. The number of carbonyl (C=O) groups is 6. The van der Waals surface area contributed by atoms with Crippen molar-refractivity contribution in [3.8, 4) is 0 Å². The van der Waals surface area contributed by atoms with Gasteiger partial charge in [0.05, 0.1) is 18.5 Å². The number of H-pyrrole nitrogens is 1. The summed E-state index contributed by atoms with van der Waals surface area (Å²) in [5, 5.41) is 29.0. The van der Waals surface area contributed by atoms with Crippen LogP contribution in [0.3, 0.4) is 0 Å². The Balaban J connectivity index is 3.31. The highest BCUT2D eigenvalue weighted by Gasteiger charge is 2.33. The fourth-order valence-corrected chi connectivity index (χ4v) is 4.27. The van der Waals surface area contributed by atoms with Gasteiger partial charge < -0.3 is 70.9 Å². The van der Waals surface area contributed by atoms with Gasteiger partial charge in [0, 0.05) is 37.8 Å². The molecule has 22 nitrogen and oxygen atoms in total. The van der Waals surface area contributed by atoms with E-state index in [1.165, 1.54) is 12.5 Å². The number of aliphatic hydroxyl groups is 1. The molecular formula is C27H48N14O8. The van der Waals surface area contributed by atoms with Crippen LogP contribution in [0.2, 0.25) is 0 Å². The molecule has 5 amide bonds. The predicted molar refractivity (Wildman–Crippen MR) is 176 cm³/mol. The van der Waals surface area contributed by atoms with Gasteiger partial charge in [-0.15, -0.1) is 0 Å². The molecule has 0 unspecified atom stereocenters. The monoisotopic (exact) mass is 696 g/mol. The summed E-state index contributed by atoms with van der Waals surface area (Å²) in [5.74, 6) is -5.97. The maximum atomic E-state index is 13.6. The summed E-state index contributed by atoms with van der Waals surface area (Å²) in [6.45, 7) is 1.30. The lowest BCUT2D eigenvalue weighted by Gasteiger charge is -2.26. The van der Waals surface area contributed by atoms with E-state index in [1.54, 1.807) is 0 Å². The van der Waals surface area contributed by atoms with Crippen molar-refractivity contribution in [2.24, 2.45) is 44.4 Å². The van der Waals surface area contributed by atoms with Gasteiger partial charge in [-0.2, -0.15) is 0 Å². The van der Waals surface area contributed by atoms with Gasteiger partial charge in [-0.25, -0.2) is 9.78 Å². The molecule has 0 aliphatic carbocycles. The van der Waals surface area contributed by atoms with Crippen LogP contribution in [0.1, 0.15) is 51.1 Å². The number of rotatable bonds is 23. The fraction of sp³-hybridized carbons (Fsp3) is 0.593. The molecule has 1 aromatic heterocycles. The van der Waals surface area contributed by atoms with Crippen molar-refractivity contribution in [2.75, 3.05) is 13.1 Å². The van der Waals surface area contributed by atoms with Gasteiger partial charge in [0.1, 0.15) is 18.1 Å². The number of carboxylic acid groups (broad SMARTS) is 1. The number of imidazole rings is 1. The van der Waals surface area contributed by atoms with Crippen molar-refractivity contribution >= 4 is 47.4 Å². The van der Waals surface area contributed by atoms with Crippen LogP contribution in [0.25, 0.3) is 0 Å². The molecule has 0 aliphatic heterocycles. The van der Waals surface area contributed by atoms with Crippen molar-refractivity contribution in [3.05, 3.63) is 18.2 Å². The lowest BCUT2D eigenvalue weighted by atomic mass is 10.0. The number of amides is 5. The molecule has 0 aromatic carbocycles. The molecule has 1 heterocycles. The van der Waals surface area contributed by atoms with Crippen molar-refractivity contribution in [2.45, 2.75) is 88.2 Å². The highest BCUT2D eigenvalue weighted by atomic mass is 16.4. The fourth-order valence-electron chi connectivity index (χ4n) is 4.27. The normalized spacial score (nSPS) is 14.4. The van der Waals surface area contributed by atoms with Crippen LogP contribution in [-0.4, -0.2) is 117 Å². The zero-order valence-electron chi connectivity index (χ0n) is 27.1. The second-order valence-electron chi connectivity index (χ2n) is 11.0. The number of aromatic amines is 1. The van der Waals surface area contributed by atoms with Crippen LogP contribution in [0.15, 0.2) is 22.5 Å². The van der Waals surface area contributed by atoms with Crippen LogP contribution >= 0.6 is 0 Å². The molecule has 19 N–H and O–H groups in total. The van der Waals surface area contributed by atoms with E-state index in [2.05, 4.69) is 41.2 Å². The number of nitrogens with two attached hydrogens (primary N) is 6. The Labute approximate surface area is 281 Å². The van der Waals surface area contributed by atoms with Gasteiger partial charge in [-0.1, -0.05) is 0 Å². The van der Waals surface area contributed by atoms with E-state index in [0.29, 0.717) is 5.69 Å². The van der Waals surface area contributed by atoms with Gasteiger partial charge >= 0.3 is 5.97 Å². The summed E-state index contributed by atoms with van der Waals surface area (Å²) in [6.07, 6.45) is 1.16. The number of hydrogen-bond donors (Lipinski definition) is 13. The summed E-state index contributed by atoms with van der Waals surface area (Å²) < 4.78 is 0. The molecule has 1 rings (SSSR count). The molecule has 274 valence electrons. The second-order valence-corrected chi connectivity index (χ2v) is 11.0. The average molecular weight is 697 g/mol. The third kappa shape index (κ3) is 16.7. The van der Waals surface area contributed by atoms with Crippen molar-refractivity contribution in [3.63, 3.8) is 0 Å². The third-order valence-corrected chi connectivity index (χ3v) is 6.85. The molecule has 1 aromatic rings. The minimum absolute atomic E-state index is 0.0506. The molecule has 0 aliphatic rings. The summed E-state index contributed by atoms with van der Waals surface area (Å²) in [7, 11) is 0. The van der Waals surface area contributed by atoms with Gasteiger partial charge in [0.2, 0.25) is 29.5 Å². The van der Waals surface area contributed by atoms with Gasteiger partial charge in [0.15, 0.2) is 18.0 Å². The van der Waals surface area contributed by atoms with E-state index in [0.717, 1.165) is 6.92 Å². The minimum atomic E-state index is -1.69. The Bertz CT molecular complexity index is 1310. The Morgan fingerprint density at radius 1 is 0.796 bits per heavy atom. The zero-order valence-corrected chi connectivity index (χ0v) is 27.1. The number of aliphatic hydroxyl groups excluding tert-OH is 1. The minimum Gasteiger partial charge on any atom is -0.480 e. The van der Waals surface area contributed by atoms with E-state index in [9.17, 15) is 39.0 Å². The molecule has 0 saturated heterocycles. The Kier molecular flexibility index (Phi) is 18.1. The number of hydrogen-bond acceptors (Lipinski definition) is 11. The summed E-state index contributed by atoms with van der Waals surface area (Å²) >= 11 is 0. The van der Waals surface area contributed by atoms with Crippen LogP contribution < -0.4 is 55.7 Å². The van der Waals surface area contributed by atoms with Crippen LogP contribution in [-0.2, 0) is 35.2 Å². The number of aliphatic imine (C=N–C) groups is 2. The van der Waals surface area contributed by atoms with Crippen molar-refractivity contribution < 1.29 is 39.0 Å². The predicted octanol–water partition coefficient (Wildman–Crippen LogP) is -5.94. The molecule has 22 heteroatoms. The molecule has 6 atom stereocenters. The number of carbonyl (C=O) groups excluding carboxylic acids is 5. The summed E-state index contributed by atoms with van der Waals surface area (Å²) in [6, 6.07) is -6.85. The van der Waals surface area contributed by atoms with E-state index in [1.807, 2.05) is 0 Å². The zero-order chi connectivity index (χ0) is 37.1. The maximum Gasteiger partial charge on any atom is 0.328 e. The Hall–Kier alpha value is -5.51. The molecule has 0 saturated carbocycles.